The lowest BCUT2D eigenvalue weighted by Crippen LogP contribution is -2.29. The first kappa shape index (κ1) is 18.2. The number of hydrogen-bond donors (Lipinski definition) is 2. The molecule has 0 radical (unpaired) electrons. The molecule has 3 rings (SSSR count). The fourth-order valence-corrected chi connectivity index (χ4v) is 2.82. The summed E-state index contributed by atoms with van der Waals surface area (Å²) in [5.41, 5.74) is 3.81. The molecule has 0 amide bonds. The standard InChI is InChI=1S/C21H24N2O3/c1-14-4-9-18-20(10-14)23-19(15-5-7-17(25-3)8-6-15)11-21(18)26-13-16(24)12-22-2/h4-11,16,22,24H,12-13H2,1-3H3/t16-/m0/s1. The van der Waals surface area contributed by atoms with Crippen molar-refractivity contribution in [2.45, 2.75) is 13.0 Å². The Labute approximate surface area is 153 Å². The lowest BCUT2D eigenvalue weighted by Gasteiger charge is -2.15. The smallest absolute Gasteiger partial charge is 0.131 e. The van der Waals surface area contributed by atoms with Crippen molar-refractivity contribution in [3.05, 3.63) is 54.1 Å². The number of nitrogens with zero attached hydrogens (tertiary/aromatic N) is 1. The quantitative estimate of drug-likeness (QED) is 0.684. The number of ether oxygens (including phenoxy) is 2. The molecular weight excluding hydrogens is 328 g/mol. The van der Waals surface area contributed by atoms with E-state index in [1.54, 1.807) is 14.2 Å². The van der Waals surface area contributed by atoms with Crippen LogP contribution < -0.4 is 14.8 Å². The van der Waals surface area contributed by atoms with Crippen LogP contribution in [0.5, 0.6) is 11.5 Å². The molecule has 2 aromatic carbocycles. The molecule has 0 spiro atoms. The van der Waals surface area contributed by atoms with E-state index in [1.165, 1.54) is 0 Å². The molecule has 0 aliphatic rings. The number of likely N-dealkylation sites (N-methyl/N-ethyl adjacent to an activating group) is 1. The van der Waals surface area contributed by atoms with Gasteiger partial charge in [-0.1, -0.05) is 6.07 Å². The maximum absolute atomic E-state index is 9.95. The molecule has 0 fully saturated rings. The van der Waals surface area contributed by atoms with Crippen molar-refractivity contribution in [2.24, 2.45) is 0 Å². The monoisotopic (exact) mass is 352 g/mol. The summed E-state index contributed by atoms with van der Waals surface area (Å²) >= 11 is 0. The van der Waals surface area contributed by atoms with Crippen LogP contribution in [-0.4, -0.2) is 43.5 Å². The molecule has 5 nitrogen and oxygen atoms in total. The summed E-state index contributed by atoms with van der Waals surface area (Å²) in [7, 11) is 3.45. The number of benzene rings is 2. The minimum atomic E-state index is -0.571. The van der Waals surface area contributed by atoms with Gasteiger partial charge in [0.25, 0.3) is 0 Å². The van der Waals surface area contributed by atoms with Gasteiger partial charge < -0.3 is 19.9 Å². The molecule has 0 bridgehead atoms. The van der Waals surface area contributed by atoms with E-state index in [0.29, 0.717) is 6.54 Å². The van der Waals surface area contributed by atoms with Gasteiger partial charge in [-0.3, -0.25) is 0 Å². The van der Waals surface area contributed by atoms with Crippen molar-refractivity contribution < 1.29 is 14.6 Å². The molecule has 0 saturated heterocycles. The topological polar surface area (TPSA) is 63.6 Å². The van der Waals surface area contributed by atoms with E-state index in [9.17, 15) is 5.11 Å². The summed E-state index contributed by atoms with van der Waals surface area (Å²) in [6.45, 7) is 2.74. The number of methoxy groups -OCH3 is 1. The van der Waals surface area contributed by atoms with Crippen molar-refractivity contribution >= 4 is 10.9 Å². The minimum Gasteiger partial charge on any atom is -0.497 e. The van der Waals surface area contributed by atoms with E-state index in [0.717, 1.165) is 39.2 Å². The molecule has 3 aromatic rings. The van der Waals surface area contributed by atoms with Crippen molar-refractivity contribution in [2.75, 3.05) is 27.3 Å². The summed E-state index contributed by atoms with van der Waals surface area (Å²) in [6, 6.07) is 15.8. The number of rotatable bonds is 7. The first-order chi connectivity index (χ1) is 12.6. The highest BCUT2D eigenvalue weighted by molar-refractivity contribution is 5.88. The highest BCUT2D eigenvalue weighted by Gasteiger charge is 2.11. The van der Waals surface area contributed by atoms with Gasteiger partial charge in [-0.25, -0.2) is 4.98 Å². The zero-order chi connectivity index (χ0) is 18.5. The Morgan fingerprint density at radius 1 is 1.12 bits per heavy atom. The molecule has 0 saturated carbocycles. The van der Waals surface area contributed by atoms with Crippen molar-refractivity contribution in [1.29, 1.82) is 0 Å². The van der Waals surface area contributed by atoms with Crippen molar-refractivity contribution in [1.82, 2.24) is 10.3 Å². The molecule has 136 valence electrons. The first-order valence-electron chi connectivity index (χ1n) is 8.62. The first-order valence-corrected chi connectivity index (χ1v) is 8.62. The number of aryl methyl sites for hydroxylation is 1. The predicted octanol–water partition coefficient (Wildman–Crippen LogP) is 3.18. The largest absolute Gasteiger partial charge is 0.497 e. The molecule has 1 atom stereocenters. The Morgan fingerprint density at radius 3 is 2.58 bits per heavy atom. The highest BCUT2D eigenvalue weighted by Crippen LogP contribution is 2.31. The van der Waals surface area contributed by atoms with Gasteiger partial charge in [0.15, 0.2) is 0 Å². The van der Waals surface area contributed by atoms with Crippen LogP contribution in [0.15, 0.2) is 48.5 Å². The van der Waals surface area contributed by atoms with Gasteiger partial charge in [0.2, 0.25) is 0 Å². The third-order valence-corrected chi connectivity index (χ3v) is 4.18. The van der Waals surface area contributed by atoms with E-state index in [-0.39, 0.29) is 6.61 Å². The second-order valence-electron chi connectivity index (χ2n) is 6.28. The van der Waals surface area contributed by atoms with Gasteiger partial charge in [0.1, 0.15) is 24.2 Å². The number of aromatic nitrogens is 1. The van der Waals surface area contributed by atoms with E-state index in [2.05, 4.69) is 5.32 Å². The predicted molar refractivity (Wildman–Crippen MR) is 104 cm³/mol. The van der Waals surface area contributed by atoms with Gasteiger partial charge in [0, 0.05) is 23.6 Å². The maximum atomic E-state index is 9.95. The molecule has 0 aliphatic heterocycles. The van der Waals surface area contributed by atoms with Crippen LogP contribution in [0, 0.1) is 6.92 Å². The highest BCUT2D eigenvalue weighted by atomic mass is 16.5. The Hall–Kier alpha value is -2.63. The van der Waals surface area contributed by atoms with Crippen molar-refractivity contribution in [3.8, 4) is 22.8 Å². The Morgan fingerprint density at radius 2 is 1.88 bits per heavy atom. The van der Waals surface area contributed by atoms with E-state index >= 15 is 0 Å². The number of hydrogen-bond acceptors (Lipinski definition) is 5. The zero-order valence-electron chi connectivity index (χ0n) is 15.3. The van der Waals surface area contributed by atoms with Crippen LogP contribution in [0.1, 0.15) is 5.56 Å². The number of pyridine rings is 1. The normalized spacial score (nSPS) is 12.2. The number of nitrogens with one attached hydrogen (secondary N) is 1. The molecule has 1 aromatic heterocycles. The van der Waals surface area contributed by atoms with Gasteiger partial charge in [-0.15, -0.1) is 0 Å². The van der Waals surface area contributed by atoms with E-state index in [4.69, 9.17) is 14.5 Å². The van der Waals surface area contributed by atoms with Gasteiger partial charge in [-0.2, -0.15) is 0 Å². The van der Waals surface area contributed by atoms with Crippen molar-refractivity contribution in [3.63, 3.8) is 0 Å². The molecule has 1 heterocycles. The Balaban J connectivity index is 2.00. The summed E-state index contributed by atoms with van der Waals surface area (Å²) in [4.78, 5) is 4.79. The summed E-state index contributed by atoms with van der Waals surface area (Å²) in [5.74, 6) is 1.52. The Bertz CT molecular complexity index is 878. The van der Waals surface area contributed by atoms with Crippen LogP contribution in [0.4, 0.5) is 0 Å². The van der Waals surface area contributed by atoms with Crippen LogP contribution in [-0.2, 0) is 0 Å². The van der Waals surface area contributed by atoms with Gasteiger partial charge in [0.05, 0.1) is 18.3 Å². The molecule has 0 aliphatic carbocycles. The molecular formula is C21H24N2O3. The zero-order valence-corrected chi connectivity index (χ0v) is 15.3. The minimum absolute atomic E-state index is 0.218. The van der Waals surface area contributed by atoms with E-state index < -0.39 is 6.10 Å². The fraction of sp³-hybridized carbons (Fsp3) is 0.286. The van der Waals surface area contributed by atoms with Crippen LogP contribution in [0.2, 0.25) is 0 Å². The lowest BCUT2D eigenvalue weighted by molar-refractivity contribution is 0.109. The maximum Gasteiger partial charge on any atom is 0.131 e. The van der Waals surface area contributed by atoms with Crippen LogP contribution in [0.3, 0.4) is 0 Å². The number of aliphatic hydroxyl groups excluding tert-OH is 1. The summed E-state index contributed by atoms with van der Waals surface area (Å²) in [5, 5.41) is 13.8. The molecule has 5 heteroatoms. The molecule has 2 N–H and O–H groups in total. The SMILES string of the molecule is CNC[C@H](O)COc1cc(-c2ccc(OC)cc2)nc2cc(C)ccc12. The summed E-state index contributed by atoms with van der Waals surface area (Å²) < 4.78 is 11.1. The number of fused-ring (bicyclic) bond motifs is 1. The summed E-state index contributed by atoms with van der Waals surface area (Å²) in [6.07, 6.45) is -0.571. The van der Waals surface area contributed by atoms with Gasteiger partial charge >= 0.3 is 0 Å². The van der Waals surface area contributed by atoms with Crippen LogP contribution in [0.25, 0.3) is 22.2 Å². The Kier molecular flexibility index (Phi) is 5.71. The van der Waals surface area contributed by atoms with Crippen LogP contribution >= 0.6 is 0 Å². The second kappa shape index (κ2) is 8.17. The molecule has 26 heavy (non-hydrogen) atoms. The molecule has 0 unspecified atom stereocenters. The lowest BCUT2D eigenvalue weighted by atomic mass is 10.1. The second-order valence-corrected chi connectivity index (χ2v) is 6.28. The fourth-order valence-electron chi connectivity index (χ4n) is 2.82. The third-order valence-electron chi connectivity index (χ3n) is 4.18. The van der Waals surface area contributed by atoms with Gasteiger partial charge in [-0.05, 0) is 55.9 Å². The third kappa shape index (κ3) is 4.12. The average molecular weight is 352 g/mol. The average Bonchev–Trinajstić information content (AvgIpc) is 2.66. The van der Waals surface area contributed by atoms with E-state index in [1.807, 2.05) is 55.5 Å². The number of aliphatic hydroxyl groups is 1.